The van der Waals surface area contributed by atoms with E-state index >= 15 is 0 Å². The third kappa shape index (κ3) is 4.38. The first-order valence-electron chi connectivity index (χ1n) is 9.15. The average molecular weight is 395 g/mol. The van der Waals surface area contributed by atoms with Crippen LogP contribution in [-0.2, 0) is 13.0 Å². The van der Waals surface area contributed by atoms with Crippen LogP contribution in [0.4, 0.5) is 4.39 Å². The van der Waals surface area contributed by atoms with Crippen molar-refractivity contribution in [3.05, 3.63) is 83.7 Å². The minimum atomic E-state index is -0.477. The Morgan fingerprint density at radius 1 is 1.00 bits per heavy atom. The lowest BCUT2D eigenvalue weighted by Crippen LogP contribution is -2.24. The van der Waals surface area contributed by atoms with Gasteiger partial charge in [-0.1, -0.05) is 35.9 Å². The quantitative estimate of drug-likeness (QED) is 0.475. The van der Waals surface area contributed by atoms with E-state index in [9.17, 15) is 4.39 Å². The molecule has 4 rings (SSSR count). The van der Waals surface area contributed by atoms with Crippen molar-refractivity contribution < 1.29 is 4.39 Å². The summed E-state index contributed by atoms with van der Waals surface area (Å²) < 4.78 is 15.3. The molecule has 0 saturated carbocycles. The maximum absolute atomic E-state index is 13.4. The van der Waals surface area contributed by atoms with Gasteiger partial charge in [-0.15, -0.1) is 0 Å². The number of aromatic nitrogens is 3. The number of nitrogens with two attached hydrogens (primary N) is 1. The second-order valence-corrected chi connectivity index (χ2v) is 7.38. The first kappa shape index (κ1) is 18.6. The van der Waals surface area contributed by atoms with Crippen molar-refractivity contribution in [1.29, 1.82) is 0 Å². The average Bonchev–Trinajstić information content (AvgIpc) is 3.17. The smallest absolute Gasteiger partial charge is 0.213 e. The number of aryl methyl sites for hydroxylation is 1. The maximum atomic E-state index is 13.4. The van der Waals surface area contributed by atoms with E-state index < -0.39 is 5.95 Å². The van der Waals surface area contributed by atoms with Gasteiger partial charge in [0.15, 0.2) is 0 Å². The molecule has 0 aliphatic rings. The lowest BCUT2D eigenvalue weighted by atomic mass is 10.0. The molecule has 6 heteroatoms. The molecule has 4 nitrogen and oxygen atoms in total. The molecule has 0 saturated heterocycles. The second-order valence-electron chi connectivity index (χ2n) is 6.94. The number of benzene rings is 2. The van der Waals surface area contributed by atoms with E-state index in [0.717, 1.165) is 46.3 Å². The number of hydrogen-bond donors (Lipinski definition) is 1. The van der Waals surface area contributed by atoms with Crippen molar-refractivity contribution in [3.8, 4) is 11.1 Å². The Kier molecular flexibility index (Phi) is 5.37. The first-order valence-corrected chi connectivity index (χ1v) is 9.53. The summed E-state index contributed by atoms with van der Waals surface area (Å²) in [6.45, 7) is 0.737. The molecule has 0 aliphatic carbocycles. The van der Waals surface area contributed by atoms with Crippen molar-refractivity contribution in [2.45, 2.75) is 25.4 Å². The molecule has 1 atom stereocenters. The molecule has 2 aromatic carbocycles. The van der Waals surface area contributed by atoms with E-state index in [4.69, 9.17) is 17.3 Å². The molecule has 1 unspecified atom stereocenters. The Bertz CT molecular complexity index is 1090. The summed E-state index contributed by atoms with van der Waals surface area (Å²) in [6.07, 6.45) is 6.98. The van der Waals surface area contributed by atoms with Gasteiger partial charge >= 0.3 is 0 Å². The van der Waals surface area contributed by atoms with Crippen LogP contribution in [0.15, 0.2) is 67.1 Å². The van der Waals surface area contributed by atoms with E-state index in [-0.39, 0.29) is 6.04 Å². The van der Waals surface area contributed by atoms with Gasteiger partial charge in [0.25, 0.3) is 0 Å². The van der Waals surface area contributed by atoms with Gasteiger partial charge in [-0.25, -0.2) is 4.98 Å². The van der Waals surface area contributed by atoms with Gasteiger partial charge in [0.1, 0.15) is 0 Å². The highest BCUT2D eigenvalue weighted by molar-refractivity contribution is 6.30. The molecule has 2 heterocycles. The molecule has 0 radical (unpaired) electrons. The van der Waals surface area contributed by atoms with Gasteiger partial charge in [0.05, 0.1) is 6.20 Å². The number of halogens is 2. The Balaban J connectivity index is 1.40. The van der Waals surface area contributed by atoms with Crippen LogP contribution in [0.2, 0.25) is 5.02 Å². The minimum Gasteiger partial charge on any atom is -0.327 e. The van der Waals surface area contributed by atoms with Crippen molar-refractivity contribution in [1.82, 2.24) is 14.8 Å². The monoisotopic (exact) mass is 394 g/mol. The molecule has 2 aromatic heterocycles. The predicted molar refractivity (Wildman–Crippen MR) is 111 cm³/mol. The molecular weight excluding hydrogens is 375 g/mol. The van der Waals surface area contributed by atoms with Gasteiger partial charge in [-0.2, -0.15) is 9.49 Å². The highest BCUT2D eigenvalue weighted by Gasteiger charge is 2.08. The van der Waals surface area contributed by atoms with Gasteiger partial charge in [-0.05, 0) is 47.6 Å². The topological polar surface area (TPSA) is 56.7 Å². The van der Waals surface area contributed by atoms with E-state index in [0.29, 0.717) is 0 Å². The molecule has 0 bridgehead atoms. The molecule has 28 heavy (non-hydrogen) atoms. The predicted octanol–water partition coefficient (Wildman–Crippen LogP) is 4.85. The number of pyridine rings is 1. The molecule has 142 valence electrons. The molecule has 4 aromatic rings. The third-order valence-corrected chi connectivity index (χ3v) is 5.05. The molecule has 0 aliphatic heterocycles. The number of nitrogens with zero attached hydrogens (tertiary/aromatic N) is 3. The minimum absolute atomic E-state index is 0.0463. The van der Waals surface area contributed by atoms with Gasteiger partial charge in [0.2, 0.25) is 5.95 Å². The van der Waals surface area contributed by atoms with Crippen LogP contribution in [-0.4, -0.2) is 20.8 Å². The van der Waals surface area contributed by atoms with Crippen LogP contribution in [0.3, 0.4) is 0 Å². The van der Waals surface area contributed by atoms with Crippen molar-refractivity contribution in [2.75, 3.05) is 0 Å². The van der Waals surface area contributed by atoms with Crippen molar-refractivity contribution in [3.63, 3.8) is 0 Å². The van der Waals surface area contributed by atoms with Crippen LogP contribution in [0, 0.1) is 5.95 Å². The zero-order chi connectivity index (χ0) is 19.5. The zero-order valence-corrected chi connectivity index (χ0v) is 16.0. The van der Waals surface area contributed by atoms with Gasteiger partial charge in [0, 0.05) is 47.0 Å². The second kappa shape index (κ2) is 8.09. The lowest BCUT2D eigenvalue weighted by Gasteiger charge is -2.11. The van der Waals surface area contributed by atoms with Crippen LogP contribution >= 0.6 is 11.6 Å². The summed E-state index contributed by atoms with van der Waals surface area (Å²) in [6, 6.07) is 15.2. The third-order valence-electron chi connectivity index (χ3n) is 4.80. The fourth-order valence-electron chi connectivity index (χ4n) is 3.25. The lowest BCUT2D eigenvalue weighted by molar-refractivity contribution is 0.507. The number of fused-ring (bicyclic) bond motifs is 1. The van der Waals surface area contributed by atoms with E-state index in [1.54, 1.807) is 6.20 Å². The van der Waals surface area contributed by atoms with Gasteiger partial charge < -0.3 is 5.73 Å². The van der Waals surface area contributed by atoms with Gasteiger partial charge in [-0.3, -0.25) is 4.68 Å². The first-order chi connectivity index (χ1) is 13.6. The zero-order valence-electron chi connectivity index (χ0n) is 15.2. The fourth-order valence-corrected chi connectivity index (χ4v) is 3.38. The summed E-state index contributed by atoms with van der Waals surface area (Å²) in [5, 5.41) is 6.90. The summed E-state index contributed by atoms with van der Waals surface area (Å²) in [5.41, 5.74) is 9.43. The molecule has 0 amide bonds. The molecule has 0 fully saturated rings. The van der Waals surface area contributed by atoms with Crippen LogP contribution in [0.5, 0.6) is 0 Å². The molecule has 0 spiro atoms. The van der Waals surface area contributed by atoms with E-state index in [2.05, 4.69) is 10.1 Å². The van der Waals surface area contributed by atoms with Crippen LogP contribution in [0.25, 0.3) is 21.9 Å². The van der Waals surface area contributed by atoms with E-state index in [1.165, 1.54) is 11.6 Å². The number of hydrogen-bond acceptors (Lipinski definition) is 3. The highest BCUT2D eigenvalue weighted by Crippen LogP contribution is 2.24. The van der Waals surface area contributed by atoms with E-state index in [1.807, 2.05) is 59.5 Å². The standard InChI is InChI=1S/C22H20ClFN4/c23-20-5-1-15(2-6-20)9-21(25)7-8-28-14-19(13-27-28)16-3-4-17-12-26-22(24)11-18(17)10-16/h1-6,10-14,21H,7-9,25H2. The molecule has 2 N–H and O–H groups in total. The maximum Gasteiger partial charge on any atom is 0.213 e. The largest absolute Gasteiger partial charge is 0.327 e. The SMILES string of the molecule is NC(CCn1cc(-c2ccc3cnc(F)cc3c2)cn1)Cc1ccc(Cl)cc1. The van der Waals surface area contributed by atoms with Crippen LogP contribution < -0.4 is 5.73 Å². The Morgan fingerprint density at radius 2 is 1.82 bits per heavy atom. The Hall–Kier alpha value is -2.76. The Morgan fingerprint density at radius 3 is 2.64 bits per heavy atom. The summed E-state index contributed by atoms with van der Waals surface area (Å²) in [5.74, 6) is -0.477. The highest BCUT2D eigenvalue weighted by atomic mass is 35.5. The normalized spacial score (nSPS) is 12.4. The summed E-state index contributed by atoms with van der Waals surface area (Å²) >= 11 is 5.92. The summed E-state index contributed by atoms with van der Waals surface area (Å²) in [4.78, 5) is 3.69. The fraction of sp³-hybridized carbons (Fsp3) is 0.182. The van der Waals surface area contributed by atoms with Crippen LogP contribution in [0.1, 0.15) is 12.0 Å². The Labute approximate surface area is 167 Å². The van der Waals surface area contributed by atoms with Crippen molar-refractivity contribution >= 4 is 22.4 Å². The number of rotatable bonds is 6. The van der Waals surface area contributed by atoms with Crippen molar-refractivity contribution in [2.24, 2.45) is 5.73 Å². The summed E-state index contributed by atoms with van der Waals surface area (Å²) in [7, 11) is 0. The molecular formula is C22H20ClFN4.